The van der Waals surface area contributed by atoms with Gasteiger partial charge in [0, 0.05) is 6.04 Å². The molecule has 1 aliphatic rings. The Bertz CT molecular complexity index is 445. The molecule has 0 saturated heterocycles. The van der Waals surface area contributed by atoms with Crippen LogP contribution in [0.25, 0.3) is 0 Å². The molecule has 0 spiro atoms. The van der Waals surface area contributed by atoms with E-state index in [2.05, 4.69) is 18.3 Å². The Labute approximate surface area is 114 Å². The fraction of sp³-hybridized carbons (Fsp3) is 0.533. The summed E-state index contributed by atoms with van der Waals surface area (Å²) in [6.07, 6.45) is 2.19. The third kappa shape index (κ3) is 3.47. The fourth-order valence-corrected chi connectivity index (χ4v) is 2.49. The molecule has 0 aliphatic heterocycles. The number of aryl methyl sites for hydroxylation is 1. The summed E-state index contributed by atoms with van der Waals surface area (Å²) >= 11 is 0. The van der Waals surface area contributed by atoms with Crippen molar-refractivity contribution in [2.75, 3.05) is 19.8 Å². The van der Waals surface area contributed by atoms with Gasteiger partial charge in [0.1, 0.15) is 5.75 Å². The Balaban J connectivity index is 1.96. The predicted octanol–water partition coefficient (Wildman–Crippen LogP) is 2.23. The number of nitrogens with one attached hydrogen (secondary N) is 1. The Hall–Kier alpha value is -1.55. The number of hydrogen-bond donors (Lipinski definition) is 1. The van der Waals surface area contributed by atoms with Gasteiger partial charge in [-0.1, -0.05) is 13.0 Å². The van der Waals surface area contributed by atoms with Crippen molar-refractivity contribution in [2.24, 2.45) is 0 Å². The first kappa shape index (κ1) is 13.9. The molecule has 1 aromatic carbocycles. The lowest BCUT2D eigenvalue weighted by molar-refractivity contribution is -0.145. The molecule has 1 unspecified atom stereocenters. The van der Waals surface area contributed by atoms with Gasteiger partial charge in [0.2, 0.25) is 0 Å². The molecule has 19 heavy (non-hydrogen) atoms. The number of ether oxygens (including phenoxy) is 2. The van der Waals surface area contributed by atoms with Gasteiger partial charge in [-0.2, -0.15) is 0 Å². The van der Waals surface area contributed by atoms with Crippen LogP contribution in [0.1, 0.15) is 37.4 Å². The number of rotatable bonds is 6. The van der Waals surface area contributed by atoms with E-state index in [0.29, 0.717) is 12.6 Å². The summed E-state index contributed by atoms with van der Waals surface area (Å²) in [5.74, 6) is 0.414. The van der Waals surface area contributed by atoms with E-state index in [0.717, 1.165) is 25.1 Å². The predicted molar refractivity (Wildman–Crippen MR) is 73.3 cm³/mol. The highest BCUT2D eigenvalue weighted by molar-refractivity contribution is 5.71. The van der Waals surface area contributed by atoms with E-state index in [9.17, 15) is 4.79 Å². The lowest BCUT2D eigenvalue weighted by atomic mass is 10.1. The van der Waals surface area contributed by atoms with Crippen molar-refractivity contribution in [3.8, 4) is 5.75 Å². The highest BCUT2D eigenvalue weighted by Crippen LogP contribution is 2.33. The van der Waals surface area contributed by atoms with Crippen LogP contribution in [0.2, 0.25) is 0 Å². The molecule has 0 saturated carbocycles. The van der Waals surface area contributed by atoms with Gasteiger partial charge in [-0.05, 0) is 49.6 Å². The molecular weight excluding hydrogens is 242 g/mol. The molecule has 2 rings (SSSR count). The van der Waals surface area contributed by atoms with Crippen LogP contribution in [0.15, 0.2) is 18.2 Å². The van der Waals surface area contributed by atoms with Crippen LogP contribution < -0.4 is 10.1 Å². The summed E-state index contributed by atoms with van der Waals surface area (Å²) in [5.41, 5.74) is 2.66. The van der Waals surface area contributed by atoms with Crippen molar-refractivity contribution < 1.29 is 14.3 Å². The van der Waals surface area contributed by atoms with Crippen molar-refractivity contribution in [2.45, 2.75) is 32.7 Å². The van der Waals surface area contributed by atoms with Crippen LogP contribution in [0.5, 0.6) is 5.75 Å². The Kier molecular flexibility index (Phi) is 4.80. The Morgan fingerprint density at radius 3 is 3.00 bits per heavy atom. The van der Waals surface area contributed by atoms with E-state index in [1.54, 1.807) is 6.92 Å². The van der Waals surface area contributed by atoms with E-state index in [1.807, 2.05) is 12.1 Å². The maximum absolute atomic E-state index is 11.2. The topological polar surface area (TPSA) is 47.6 Å². The monoisotopic (exact) mass is 263 g/mol. The van der Waals surface area contributed by atoms with Gasteiger partial charge in [-0.15, -0.1) is 0 Å². The quantitative estimate of drug-likeness (QED) is 0.800. The van der Waals surface area contributed by atoms with E-state index < -0.39 is 0 Å². The average Bonchev–Trinajstić information content (AvgIpc) is 2.80. The highest BCUT2D eigenvalue weighted by atomic mass is 16.6. The second-order valence-corrected chi connectivity index (χ2v) is 4.60. The molecular formula is C15H21NO3. The van der Waals surface area contributed by atoms with E-state index in [4.69, 9.17) is 9.47 Å². The molecule has 1 atom stereocenters. The van der Waals surface area contributed by atoms with Gasteiger partial charge in [0.15, 0.2) is 6.61 Å². The van der Waals surface area contributed by atoms with Crippen molar-refractivity contribution in [1.82, 2.24) is 5.32 Å². The Morgan fingerprint density at radius 2 is 2.26 bits per heavy atom. The largest absolute Gasteiger partial charge is 0.482 e. The van der Waals surface area contributed by atoms with Crippen LogP contribution in [0.4, 0.5) is 0 Å². The summed E-state index contributed by atoms with van der Waals surface area (Å²) in [6, 6.07) is 6.51. The van der Waals surface area contributed by atoms with Crippen molar-refractivity contribution in [3.05, 3.63) is 29.3 Å². The number of carbonyl (C=O) groups is 1. The minimum absolute atomic E-state index is 0.0245. The van der Waals surface area contributed by atoms with Gasteiger partial charge in [0.25, 0.3) is 0 Å². The highest BCUT2D eigenvalue weighted by Gasteiger charge is 2.21. The molecule has 104 valence electrons. The third-order valence-corrected chi connectivity index (χ3v) is 3.30. The van der Waals surface area contributed by atoms with Crippen LogP contribution >= 0.6 is 0 Å². The smallest absolute Gasteiger partial charge is 0.344 e. The van der Waals surface area contributed by atoms with Gasteiger partial charge in [-0.25, -0.2) is 4.79 Å². The third-order valence-electron chi connectivity index (χ3n) is 3.30. The molecule has 0 fully saturated rings. The second kappa shape index (κ2) is 6.57. The molecule has 1 aliphatic carbocycles. The van der Waals surface area contributed by atoms with E-state index in [-0.39, 0.29) is 12.6 Å². The fourth-order valence-electron chi connectivity index (χ4n) is 2.49. The normalized spacial score (nSPS) is 17.1. The maximum Gasteiger partial charge on any atom is 0.344 e. The van der Waals surface area contributed by atoms with Gasteiger partial charge >= 0.3 is 5.97 Å². The number of fused-ring (bicyclic) bond motifs is 1. The summed E-state index contributed by atoms with van der Waals surface area (Å²) in [4.78, 5) is 11.2. The SMILES string of the molecule is CCNC1CCc2cc(OCC(=O)OCC)ccc21. The Morgan fingerprint density at radius 1 is 1.42 bits per heavy atom. The summed E-state index contributed by atoms with van der Waals surface area (Å²) < 4.78 is 10.3. The van der Waals surface area contributed by atoms with Gasteiger partial charge < -0.3 is 14.8 Å². The first-order valence-electron chi connectivity index (χ1n) is 6.89. The molecule has 0 heterocycles. The minimum Gasteiger partial charge on any atom is -0.482 e. The van der Waals surface area contributed by atoms with Crippen LogP contribution in [0, 0.1) is 0 Å². The first-order valence-corrected chi connectivity index (χ1v) is 6.89. The molecule has 0 radical (unpaired) electrons. The lowest BCUT2D eigenvalue weighted by Gasteiger charge is -2.13. The second-order valence-electron chi connectivity index (χ2n) is 4.60. The molecule has 4 heteroatoms. The minimum atomic E-state index is -0.325. The van der Waals surface area contributed by atoms with Crippen LogP contribution in [0.3, 0.4) is 0 Å². The first-order chi connectivity index (χ1) is 9.24. The molecule has 0 bridgehead atoms. The number of carbonyl (C=O) groups excluding carboxylic acids is 1. The number of benzene rings is 1. The summed E-state index contributed by atoms with van der Waals surface area (Å²) in [5, 5.41) is 3.47. The van der Waals surface area contributed by atoms with Crippen molar-refractivity contribution >= 4 is 5.97 Å². The molecule has 1 aromatic rings. The lowest BCUT2D eigenvalue weighted by Crippen LogP contribution is -2.18. The molecule has 1 N–H and O–H groups in total. The molecule has 0 aromatic heterocycles. The zero-order valence-electron chi connectivity index (χ0n) is 11.6. The van der Waals surface area contributed by atoms with Crippen LogP contribution in [-0.2, 0) is 16.0 Å². The van der Waals surface area contributed by atoms with E-state index in [1.165, 1.54) is 11.1 Å². The summed E-state index contributed by atoms with van der Waals surface area (Å²) in [6.45, 7) is 5.24. The maximum atomic E-state index is 11.2. The van der Waals surface area contributed by atoms with E-state index >= 15 is 0 Å². The molecule has 4 nitrogen and oxygen atoms in total. The standard InChI is InChI=1S/C15H21NO3/c1-3-16-14-8-5-11-9-12(6-7-13(11)14)19-10-15(17)18-4-2/h6-7,9,14,16H,3-5,8,10H2,1-2H3. The van der Waals surface area contributed by atoms with Crippen molar-refractivity contribution in [3.63, 3.8) is 0 Å². The number of hydrogen-bond acceptors (Lipinski definition) is 4. The van der Waals surface area contributed by atoms with Gasteiger partial charge in [0.05, 0.1) is 6.61 Å². The average molecular weight is 263 g/mol. The van der Waals surface area contributed by atoms with Crippen molar-refractivity contribution in [1.29, 1.82) is 0 Å². The zero-order valence-corrected chi connectivity index (χ0v) is 11.6. The number of esters is 1. The van der Waals surface area contributed by atoms with Crippen LogP contribution in [-0.4, -0.2) is 25.7 Å². The van der Waals surface area contributed by atoms with Gasteiger partial charge in [-0.3, -0.25) is 0 Å². The summed E-state index contributed by atoms with van der Waals surface area (Å²) in [7, 11) is 0. The zero-order chi connectivity index (χ0) is 13.7. The molecule has 0 amide bonds.